The van der Waals surface area contributed by atoms with Crippen LogP contribution in [-0.2, 0) is 11.2 Å². The molecule has 148 valence electrons. The number of benzene rings is 2. The van der Waals surface area contributed by atoms with Gasteiger partial charge in [0.25, 0.3) is 0 Å². The average Bonchev–Trinajstić information content (AvgIpc) is 2.72. The van der Waals surface area contributed by atoms with E-state index in [-0.39, 0.29) is 30.6 Å². The number of hydrogen-bond acceptors (Lipinski definition) is 4. The van der Waals surface area contributed by atoms with Crippen LogP contribution in [0.4, 0.5) is 0 Å². The standard InChI is InChI=1S/C23H27NO4/c1-3-4-17-5-7-18(8-6-17)20(25)10-12-23(26)24-16(2)19-9-11-21-22(15-19)28-14-13-27-21/h5-9,11,15-16H,3-4,10,12-14H2,1-2H3,(H,24,26). The van der Waals surface area contributed by atoms with Crippen molar-refractivity contribution in [1.29, 1.82) is 0 Å². The zero-order chi connectivity index (χ0) is 19.9. The molecule has 2 aromatic rings. The minimum absolute atomic E-state index is 0.00909. The Labute approximate surface area is 166 Å². The molecular weight excluding hydrogens is 354 g/mol. The van der Waals surface area contributed by atoms with E-state index >= 15 is 0 Å². The second-order valence-electron chi connectivity index (χ2n) is 7.06. The second-order valence-corrected chi connectivity index (χ2v) is 7.06. The van der Waals surface area contributed by atoms with Crippen molar-refractivity contribution >= 4 is 11.7 Å². The van der Waals surface area contributed by atoms with Gasteiger partial charge in [0.1, 0.15) is 13.2 Å². The van der Waals surface area contributed by atoms with Gasteiger partial charge in [-0.1, -0.05) is 43.7 Å². The average molecular weight is 381 g/mol. The predicted octanol–water partition coefficient (Wildman–Crippen LogP) is 4.25. The fourth-order valence-corrected chi connectivity index (χ4v) is 3.24. The van der Waals surface area contributed by atoms with Crippen molar-refractivity contribution < 1.29 is 19.1 Å². The first kappa shape index (κ1) is 19.9. The van der Waals surface area contributed by atoms with Crippen molar-refractivity contribution in [2.45, 2.75) is 45.6 Å². The number of amides is 1. The van der Waals surface area contributed by atoms with Crippen LogP contribution in [0, 0.1) is 0 Å². The molecule has 1 atom stereocenters. The fourth-order valence-electron chi connectivity index (χ4n) is 3.24. The molecule has 1 heterocycles. The highest BCUT2D eigenvalue weighted by Crippen LogP contribution is 2.32. The van der Waals surface area contributed by atoms with Gasteiger partial charge in [-0.3, -0.25) is 9.59 Å². The van der Waals surface area contributed by atoms with Crippen LogP contribution in [-0.4, -0.2) is 24.9 Å². The molecule has 3 rings (SSSR count). The molecule has 0 saturated heterocycles. The molecule has 1 aliphatic heterocycles. The van der Waals surface area contributed by atoms with Crippen LogP contribution in [0.15, 0.2) is 42.5 Å². The summed E-state index contributed by atoms with van der Waals surface area (Å²) in [5, 5.41) is 2.95. The fraction of sp³-hybridized carbons (Fsp3) is 0.391. The van der Waals surface area contributed by atoms with Crippen LogP contribution in [0.25, 0.3) is 0 Å². The summed E-state index contributed by atoms with van der Waals surface area (Å²) in [4.78, 5) is 24.6. The predicted molar refractivity (Wildman–Crippen MR) is 108 cm³/mol. The zero-order valence-corrected chi connectivity index (χ0v) is 16.5. The van der Waals surface area contributed by atoms with E-state index in [0.29, 0.717) is 24.5 Å². The van der Waals surface area contributed by atoms with Gasteiger partial charge in [0.15, 0.2) is 17.3 Å². The number of Topliss-reactive ketones (excluding diaryl/α,β-unsaturated/α-hetero) is 1. The second kappa shape index (κ2) is 9.40. The quantitative estimate of drug-likeness (QED) is 0.694. The molecule has 0 fully saturated rings. The summed E-state index contributed by atoms with van der Waals surface area (Å²) in [5.41, 5.74) is 2.83. The molecule has 0 saturated carbocycles. The number of ketones is 1. The smallest absolute Gasteiger partial charge is 0.220 e. The van der Waals surface area contributed by atoms with Crippen molar-refractivity contribution in [2.24, 2.45) is 0 Å². The topological polar surface area (TPSA) is 64.6 Å². The van der Waals surface area contributed by atoms with Gasteiger partial charge in [0, 0.05) is 18.4 Å². The molecule has 1 aliphatic rings. The molecule has 5 nitrogen and oxygen atoms in total. The van der Waals surface area contributed by atoms with Crippen LogP contribution >= 0.6 is 0 Å². The molecular formula is C23H27NO4. The number of carbonyl (C=O) groups is 2. The SMILES string of the molecule is CCCc1ccc(C(=O)CCC(=O)NC(C)c2ccc3c(c2)OCCO3)cc1. The summed E-state index contributed by atoms with van der Waals surface area (Å²) < 4.78 is 11.1. The van der Waals surface area contributed by atoms with Crippen LogP contribution in [0.3, 0.4) is 0 Å². The summed E-state index contributed by atoms with van der Waals surface area (Å²) in [6.45, 7) is 5.12. The van der Waals surface area contributed by atoms with Crippen molar-refractivity contribution in [3.8, 4) is 11.5 Å². The lowest BCUT2D eigenvalue weighted by atomic mass is 10.0. The van der Waals surface area contributed by atoms with Crippen LogP contribution in [0.2, 0.25) is 0 Å². The molecule has 28 heavy (non-hydrogen) atoms. The molecule has 0 bridgehead atoms. The zero-order valence-electron chi connectivity index (χ0n) is 16.5. The minimum Gasteiger partial charge on any atom is -0.486 e. The summed E-state index contributed by atoms with van der Waals surface area (Å²) in [6.07, 6.45) is 2.46. The molecule has 1 N–H and O–H groups in total. The van der Waals surface area contributed by atoms with E-state index in [1.165, 1.54) is 5.56 Å². The number of hydrogen-bond donors (Lipinski definition) is 1. The third-order valence-corrected chi connectivity index (χ3v) is 4.84. The number of carbonyl (C=O) groups excluding carboxylic acids is 2. The Bertz CT molecular complexity index is 829. The Hall–Kier alpha value is -2.82. The van der Waals surface area contributed by atoms with E-state index in [1.54, 1.807) is 0 Å². The molecule has 0 radical (unpaired) electrons. The first-order valence-corrected chi connectivity index (χ1v) is 9.88. The highest BCUT2D eigenvalue weighted by atomic mass is 16.6. The first-order valence-electron chi connectivity index (χ1n) is 9.88. The number of rotatable bonds is 8. The largest absolute Gasteiger partial charge is 0.486 e. The van der Waals surface area contributed by atoms with Gasteiger partial charge < -0.3 is 14.8 Å². The summed E-state index contributed by atoms with van der Waals surface area (Å²) in [5.74, 6) is 1.28. The maximum atomic E-state index is 12.3. The van der Waals surface area contributed by atoms with Crippen molar-refractivity contribution in [2.75, 3.05) is 13.2 Å². The first-order chi connectivity index (χ1) is 13.6. The molecule has 0 aliphatic carbocycles. The summed E-state index contributed by atoms with van der Waals surface area (Å²) >= 11 is 0. The number of fused-ring (bicyclic) bond motifs is 1. The molecule has 1 unspecified atom stereocenters. The molecule has 1 amide bonds. The van der Waals surface area contributed by atoms with E-state index < -0.39 is 0 Å². The number of nitrogens with one attached hydrogen (secondary N) is 1. The van der Waals surface area contributed by atoms with E-state index in [4.69, 9.17) is 9.47 Å². The van der Waals surface area contributed by atoms with Crippen LogP contribution in [0.1, 0.15) is 60.6 Å². The molecule has 2 aromatic carbocycles. The lowest BCUT2D eigenvalue weighted by Gasteiger charge is -2.21. The molecule has 0 spiro atoms. The van der Waals surface area contributed by atoms with E-state index in [1.807, 2.05) is 49.4 Å². The van der Waals surface area contributed by atoms with Crippen LogP contribution < -0.4 is 14.8 Å². The minimum atomic E-state index is -0.174. The van der Waals surface area contributed by atoms with Gasteiger partial charge in [-0.05, 0) is 36.6 Å². The lowest BCUT2D eigenvalue weighted by molar-refractivity contribution is -0.121. The Morgan fingerprint density at radius 3 is 2.43 bits per heavy atom. The lowest BCUT2D eigenvalue weighted by Crippen LogP contribution is -2.27. The Balaban J connectivity index is 1.50. The van der Waals surface area contributed by atoms with Crippen molar-refractivity contribution in [3.05, 3.63) is 59.2 Å². The van der Waals surface area contributed by atoms with E-state index in [2.05, 4.69) is 12.2 Å². The van der Waals surface area contributed by atoms with Gasteiger partial charge in [-0.15, -0.1) is 0 Å². The monoisotopic (exact) mass is 381 g/mol. The van der Waals surface area contributed by atoms with Gasteiger partial charge >= 0.3 is 0 Å². The maximum Gasteiger partial charge on any atom is 0.220 e. The van der Waals surface area contributed by atoms with Gasteiger partial charge in [-0.25, -0.2) is 0 Å². The summed E-state index contributed by atoms with van der Waals surface area (Å²) in [7, 11) is 0. The van der Waals surface area contributed by atoms with Crippen LogP contribution in [0.5, 0.6) is 11.5 Å². The number of ether oxygens (including phenoxy) is 2. The highest BCUT2D eigenvalue weighted by molar-refractivity contribution is 5.98. The van der Waals surface area contributed by atoms with E-state index in [9.17, 15) is 9.59 Å². The molecule has 5 heteroatoms. The Morgan fingerprint density at radius 2 is 1.71 bits per heavy atom. The summed E-state index contributed by atoms with van der Waals surface area (Å²) in [6, 6.07) is 13.2. The van der Waals surface area contributed by atoms with Gasteiger partial charge in [0.05, 0.1) is 6.04 Å². The van der Waals surface area contributed by atoms with Gasteiger partial charge in [-0.2, -0.15) is 0 Å². The highest BCUT2D eigenvalue weighted by Gasteiger charge is 2.16. The third kappa shape index (κ3) is 5.12. The molecule has 0 aromatic heterocycles. The van der Waals surface area contributed by atoms with Crippen molar-refractivity contribution in [3.63, 3.8) is 0 Å². The van der Waals surface area contributed by atoms with Crippen molar-refractivity contribution in [1.82, 2.24) is 5.32 Å². The maximum absolute atomic E-state index is 12.3. The Morgan fingerprint density at radius 1 is 1.00 bits per heavy atom. The van der Waals surface area contributed by atoms with Gasteiger partial charge in [0.2, 0.25) is 5.91 Å². The normalized spacial score (nSPS) is 13.6. The van der Waals surface area contributed by atoms with E-state index in [0.717, 1.165) is 24.2 Å². The Kier molecular flexibility index (Phi) is 6.69. The number of aryl methyl sites for hydroxylation is 1. The third-order valence-electron chi connectivity index (χ3n) is 4.84.